The Hall–Kier alpha value is -2.84. The minimum atomic E-state index is -0.662. The number of likely N-dealkylation sites (tertiary alicyclic amines) is 1. The molecule has 2 aromatic carbocycles. The maximum absolute atomic E-state index is 14.2. The van der Waals surface area contributed by atoms with Gasteiger partial charge in [-0.3, -0.25) is 9.20 Å². The lowest BCUT2D eigenvalue weighted by Gasteiger charge is -2.28. The molecular formula is C25H26F2N4OS. The summed E-state index contributed by atoms with van der Waals surface area (Å²) in [6.45, 7) is 4.98. The number of piperidine rings is 1. The van der Waals surface area contributed by atoms with Gasteiger partial charge in [-0.25, -0.2) is 13.8 Å². The van der Waals surface area contributed by atoms with E-state index in [-0.39, 0.29) is 11.7 Å². The number of amides is 1. The highest BCUT2D eigenvalue weighted by Gasteiger charge is 2.19. The number of benzene rings is 2. The van der Waals surface area contributed by atoms with E-state index in [1.54, 1.807) is 18.2 Å². The first-order valence-corrected chi connectivity index (χ1v) is 12.1. The number of imidazole rings is 1. The molecular weight excluding hydrogens is 442 g/mol. The fraction of sp³-hybridized carbons (Fsp3) is 0.360. The summed E-state index contributed by atoms with van der Waals surface area (Å²) >= 11 is 1.48. The number of aryl methyl sites for hydroxylation is 1. The first-order chi connectivity index (χ1) is 16.0. The molecule has 0 aliphatic carbocycles. The molecule has 4 aromatic rings. The zero-order valence-corrected chi connectivity index (χ0v) is 19.3. The summed E-state index contributed by atoms with van der Waals surface area (Å²) in [6.07, 6.45) is 3.24. The number of carbonyl (C=O) groups excluding carboxylic acids is 1. The highest BCUT2D eigenvalue weighted by atomic mass is 32.1. The number of nitrogens with zero attached hydrogens (tertiary/aromatic N) is 3. The van der Waals surface area contributed by atoms with Crippen molar-refractivity contribution in [2.75, 3.05) is 26.2 Å². The summed E-state index contributed by atoms with van der Waals surface area (Å²) in [7, 11) is 0. The summed E-state index contributed by atoms with van der Waals surface area (Å²) in [4.78, 5) is 20.4. The van der Waals surface area contributed by atoms with Gasteiger partial charge in [-0.1, -0.05) is 23.5 Å². The molecule has 1 aliphatic heterocycles. The number of halogens is 2. The van der Waals surface area contributed by atoms with Crippen molar-refractivity contribution in [2.45, 2.75) is 32.4 Å². The molecule has 1 N–H and O–H groups in total. The zero-order chi connectivity index (χ0) is 22.9. The normalized spacial score (nSPS) is 15.5. The molecule has 0 unspecified atom stereocenters. The van der Waals surface area contributed by atoms with Crippen LogP contribution in [0.2, 0.25) is 0 Å². The van der Waals surface area contributed by atoms with Crippen LogP contribution >= 0.6 is 11.3 Å². The van der Waals surface area contributed by atoms with Gasteiger partial charge >= 0.3 is 0 Å². The van der Waals surface area contributed by atoms with Gasteiger partial charge in [-0.15, -0.1) is 0 Å². The van der Waals surface area contributed by atoms with Crippen molar-refractivity contribution >= 4 is 32.4 Å². The molecule has 3 heterocycles. The lowest BCUT2D eigenvalue weighted by molar-refractivity contribution is 0.0949. The van der Waals surface area contributed by atoms with Gasteiger partial charge in [0, 0.05) is 37.0 Å². The number of nitrogens with one attached hydrogen (secondary N) is 1. The number of rotatable bonds is 6. The van der Waals surface area contributed by atoms with Gasteiger partial charge < -0.3 is 10.2 Å². The Balaban J connectivity index is 1.28. The zero-order valence-electron chi connectivity index (χ0n) is 18.5. The van der Waals surface area contributed by atoms with E-state index in [4.69, 9.17) is 0 Å². The van der Waals surface area contributed by atoms with Crippen LogP contribution in [0.25, 0.3) is 26.4 Å². The van der Waals surface area contributed by atoms with Gasteiger partial charge in [0.1, 0.15) is 12.0 Å². The van der Waals surface area contributed by atoms with E-state index in [0.29, 0.717) is 36.2 Å². The van der Waals surface area contributed by atoms with Crippen LogP contribution in [0.3, 0.4) is 0 Å². The quantitative estimate of drug-likeness (QED) is 0.395. The average molecular weight is 469 g/mol. The molecule has 5 nitrogen and oxygen atoms in total. The van der Waals surface area contributed by atoms with Gasteiger partial charge in [0.25, 0.3) is 5.91 Å². The van der Waals surface area contributed by atoms with Crippen LogP contribution in [0, 0.1) is 12.7 Å². The Labute approximate surface area is 195 Å². The number of aromatic nitrogens is 2. The standard InChI is InChI=1S/C25H26F2N4OS/c1-16-13-22-23(33-25-29-21(15-31(22)25)18-5-2-3-6-20(18)27)14-19(16)24(32)28-9-4-10-30-11-7-17(26)8-12-30/h2-3,5-6,13-15,17H,4,7-12H2,1H3,(H,28,32). The van der Waals surface area contributed by atoms with Crippen LogP contribution in [0.4, 0.5) is 8.78 Å². The highest BCUT2D eigenvalue weighted by molar-refractivity contribution is 7.23. The average Bonchev–Trinajstić information content (AvgIpc) is 3.36. The Kier molecular flexibility index (Phi) is 6.12. The molecule has 1 amide bonds. The molecule has 1 saturated heterocycles. The molecule has 0 spiro atoms. The molecule has 5 rings (SSSR count). The summed E-state index contributed by atoms with van der Waals surface area (Å²) in [6, 6.07) is 10.5. The van der Waals surface area contributed by atoms with Crippen LogP contribution in [0.15, 0.2) is 42.6 Å². The lowest BCUT2D eigenvalue weighted by atomic mass is 10.1. The summed E-state index contributed by atoms with van der Waals surface area (Å²) in [5.74, 6) is -0.385. The second-order valence-corrected chi connectivity index (χ2v) is 9.63. The second kappa shape index (κ2) is 9.19. The Morgan fingerprint density at radius 1 is 1.24 bits per heavy atom. The predicted molar refractivity (Wildman–Crippen MR) is 128 cm³/mol. The maximum Gasteiger partial charge on any atom is 0.251 e. The van der Waals surface area contributed by atoms with Crippen LogP contribution in [0.1, 0.15) is 35.2 Å². The van der Waals surface area contributed by atoms with Gasteiger partial charge in [-0.2, -0.15) is 0 Å². The van der Waals surface area contributed by atoms with Gasteiger partial charge in [0.15, 0.2) is 4.96 Å². The number of hydrogen-bond acceptors (Lipinski definition) is 4. The van der Waals surface area contributed by atoms with Crippen molar-refractivity contribution in [3.63, 3.8) is 0 Å². The largest absolute Gasteiger partial charge is 0.352 e. The van der Waals surface area contributed by atoms with E-state index < -0.39 is 6.17 Å². The maximum atomic E-state index is 14.2. The van der Waals surface area contributed by atoms with Crippen LogP contribution in [0.5, 0.6) is 0 Å². The third-order valence-corrected chi connectivity index (χ3v) is 7.31. The van der Waals surface area contributed by atoms with Crippen LogP contribution < -0.4 is 5.32 Å². The van der Waals surface area contributed by atoms with E-state index >= 15 is 0 Å². The Morgan fingerprint density at radius 3 is 2.82 bits per heavy atom. The number of carbonyl (C=O) groups is 1. The van der Waals surface area contributed by atoms with Crippen molar-refractivity contribution < 1.29 is 13.6 Å². The molecule has 2 aromatic heterocycles. The molecule has 0 bridgehead atoms. The van der Waals surface area contributed by atoms with E-state index in [1.165, 1.54) is 17.4 Å². The number of fused-ring (bicyclic) bond motifs is 3. The SMILES string of the molecule is Cc1cc2c(cc1C(=O)NCCCN1CCC(F)CC1)sc1nc(-c3ccccc3F)cn12. The van der Waals surface area contributed by atoms with Gasteiger partial charge in [0.2, 0.25) is 0 Å². The van der Waals surface area contributed by atoms with Gasteiger partial charge in [0.05, 0.1) is 15.9 Å². The highest BCUT2D eigenvalue weighted by Crippen LogP contribution is 2.32. The Bertz CT molecular complexity index is 1310. The molecule has 8 heteroatoms. The monoisotopic (exact) mass is 468 g/mol. The fourth-order valence-corrected chi connectivity index (χ4v) is 5.45. The summed E-state index contributed by atoms with van der Waals surface area (Å²) in [5.41, 5.74) is 3.56. The Morgan fingerprint density at radius 2 is 2.03 bits per heavy atom. The summed E-state index contributed by atoms with van der Waals surface area (Å²) < 4.78 is 30.3. The van der Waals surface area contributed by atoms with Crippen LogP contribution in [-0.4, -0.2) is 52.5 Å². The smallest absolute Gasteiger partial charge is 0.251 e. The molecule has 1 fully saturated rings. The number of alkyl halides is 1. The number of hydrogen-bond donors (Lipinski definition) is 1. The molecule has 33 heavy (non-hydrogen) atoms. The first-order valence-electron chi connectivity index (χ1n) is 11.3. The summed E-state index contributed by atoms with van der Waals surface area (Å²) in [5, 5.41) is 3.02. The minimum absolute atomic E-state index is 0.0880. The van der Waals surface area contributed by atoms with Crippen LogP contribution in [-0.2, 0) is 0 Å². The third kappa shape index (κ3) is 4.50. The van der Waals surface area contributed by atoms with E-state index in [9.17, 15) is 13.6 Å². The minimum Gasteiger partial charge on any atom is -0.352 e. The second-order valence-electron chi connectivity index (χ2n) is 8.62. The predicted octanol–water partition coefficient (Wildman–Crippen LogP) is 5.22. The first kappa shape index (κ1) is 22.0. The lowest BCUT2D eigenvalue weighted by Crippen LogP contribution is -2.36. The van der Waals surface area contributed by atoms with Crippen molar-refractivity contribution in [3.8, 4) is 11.3 Å². The fourth-order valence-electron chi connectivity index (χ4n) is 4.42. The van der Waals surface area contributed by atoms with Crippen molar-refractivity contribution in [3.05, 3.63) is 59.5 Å². The molecule has 0 radical (unpaired) electrons. The third-order valence-electron chi connectivity index (χ3n) is 6.29. The molecule has 0 atom stereocenters. The molecule has 172 valence electrons. The van der Waals surface area contributed by atoms with Crippen molar-refractivity contribution in [2.24, 2.45) is 0 Å². The number of thiazole rings is 1. The van der Waals surface area contributed by atoms with E-state index in [2.05, 4.69) is 15.2 Å². The van der Waals surface area contributed by atoms with Crippen molar-refractivity contribution in [1.82, 2.24) is 19.6 Å². The van der Waals surface area contributed by atoms with Crippen molar-refractivity contribution in [1.29, 1.82) is 0 Å². The van der Waals surface area contributed by atoms with E-state index in [1.807, 2.05) is 29.7 Å². The van der Waals surface area contributed by atoms with E-state index in [0.717, 1.165) is 46.8 Å². The topological polar surface area (TPSA) is 49.6 Å². The molecule has 0 saturated carbocycles. The van der Waals surface area contributed by atoms with Gasteiger partial charge in [-0.05, 0) is 62.6 Å². The molecule has 1 aliphatic rings.